The molecule has 0 aliphatic heterocycles. The molecule has 3 aromatic rings. The summed E-state index contributed by atoms with van der Waals surface area (Å²) in [7, 11) is 1.34. The van der Waals surface area contributed by atoms with E-state index in [9.17, 15) is 9.59 Å². The Bertz CT molecular complexity index is 1060. The number of aryl methyl sites for hydroxylation is 2. The van der Waals surface area contributed by atoms with E-state index >= 15 is 0 Å². The zero-order valence-electron chi connectivity index (χ0n) is 16.3. The van der Waals surface area contributed by atoms with Crippen LogP contribution in [0.4, 0.5) is 11.4 Å². The summed E-state index contributed by atoms with van der Waals surface area (Å²) in [6.07, 6.45) is 1.52. The molecule has 6 heteroatoms. The molecule has 0 atom stereocenters. The Hall–Kier alpha value is -3.41. The highest BCUT2D eigenvalue weighted by molar-refractivity contribution is 6.07. The van der Waals surface area contributed by atoms with Crippen LogP contribution in [-0.2, 0) is 9.47 Å². The van der Waals surface area contributed by atoms with Gasteiger partial charge in [0.05, 0.1) is 30.5 Å². The van der Waals surface area contributed by atoms with Crippen molar-refractivity contribution in [2.75, 3.05) is 19.0 Å². The van der Waals surface area contributed by atoms with E-state index in [1.807, 2.05) is 32.0 Å². The molecule has 6 nitrogen and oxygen atoms in total. The Kier molecular flexibility index (Phi) is 5.59. The standard InChI is InChI=1S/C22H22N2O4/c1-5-28-22(26)18-12-23-19-14(3)9-13(2)10-17(19)20(18)24-16-8-6-7-15(11-16)21(25)27-4/h6-12H,5H2,1-4H3,(H,23,24). The van der Waals surface area contributed by atoms with Gasteiger partial charge in [-0.15, -0.1) is 0 Å². The number of aromatic nitrogens is 1. The molecule has 144 valence electrons. The SMILES string of the molecule is CCOC(=O)c1cnc2c(C)cc(C)cc2c1Nc1cccc(C(=O)OC)c1. The van der Waals surface area contributed by atoms with Gasteiger partial charge >= 0.3 is 11.9 Å². The molecule has 0 fully saturated rings. The van der Waals surface area contributed by atoms with Gasteiger partial charge < -0.3 is 14.8 Å². The molecule has 28 heavy (non-hydrogen) atoms. The number of hydrogen-bond donors (Lipinski definition) is 1. The Morgan fingerprint density at radius 2 is 1.89 bits per heavy atom. The van der Waals surface area contributed by atoms with Crippen molar-refractivity contribution < 1.29 is 19.1 Å². The fourth-order valence-electron chi connectivity index (χ4n) is 3.15. The third kappa shape index (κ3) is 3.81. The second-order valence-corrected chi connectivity index (χ2v) is 6.44. The van der Waals surface area contributed by atoms with E-state index in [1.54, 1.807) is 25.1 Å². The first-order valence-corrected chi connectivity index (χ1v) is 8.97. The lowest BCUT2D eigenvalue weighted by atomic mass is 10.0. The number of benzene rings is 2. The number of rotatable bonds is 5. The molecule has 0 unspecified atom stereocenters. The van der Waals surface area contributed by atoms with Crippen LogP contribution in [0.2, 0.25) is 0 Å². The fourth-order valence-corrected chi connectivity index (χ4v) is 3.15. The summed E-state index contributed by atoms with van der Waals surface area (Å²) in [4.78, 5) is 28.8. The van der Waals surface area contributed by atoms with Gasteiger partial charge in [0.1, 0.15) is 5.56 Å². The molecule has 1 N–H and O–H groups in total. The first-order chi connectivity index (χ1) is 13.4. The molecule has 1 heterocycles. The Labute approximate surface area is 163 Å². The number of methoxy groups -OCH3 is 1. The summed E-state index contributed by atoms with van der Waals surface area (Å²) >= 11 is 0. The van der Waals surface area contributed by atoms with E-state index in [-0.39, 0.29) is 6.61 Å². The van der Waals surface area contributed by atoms with Crippen LogP contribution in [0.15, 0.2) is 42.6 Å². The van der Waals surface area contributed by atoms with Gasteiger partial charge in [-0.2, -0.15) is 0 Å². The second kappa shape index (κ2) is 8.08. The number of carbonyl (C=O) groups is 2. The highest BCUT2D eigenvalue weighted by Gasteiger charge is 2.18. The second-order valence-electron chi connectivity index (χ2n) is 6.44. The van der Waals surface area contributed by atoms with Crippen LogP contribution in [-0.4, -0.2) is 30.6 Å². The fraction of sp³-hybridized carbons (Fsp3) is 0.227. The molecular weight excluding hydrogens is 356 g/mol. The van der Waals surface area contributed by atoms with Crippen molar-refractivity contribution >= 4 is 34.2 Å². The van der Waals surface area contributed by atoms with Crippen molar-refractivity contribution in [2.45, 2.75) is 20.8 Å². The lowest BCUT2D eigenvalue weighted by Crippen LogP contribution is -2.10. The molecular formula is C22H22N2O4. The summed E-state index contributed by atoms with van der Waals surface area (Å²) in [5, 5.41) is 4.09. The number of anilines is 2. The molecule has 0 spiro atoms. The number of esters is 2. The maximum absolute atomic E-state index is 12.5. The van der Waals surface area contributed by atoms with Crippen LogP contribution in [0.5, 0.6) is 0 Å². The summed E-state index contributed by atoms with van der Waals surface area (Å²) < 4.78 is 9.99. The van der Waals surface area contributed by atoms with Crippen molar-refractivity contribution in [2.24, 2.45) is 0 Å². The third-order valence-electron chi connectivity index (χ3n) is 4.35. The maximum Gasteiger partial charge on any atom is 0.341 e. The van der Waals surface area contributed by atoms with Gasteiger partial charge in [-0.1, -0.05) is 17.7 Å². The molecule has 0 bridgehead atoms. The molecule has 0 saturated carbocycles. The largest absolute Gasteiger partial charge is 0.465 e. The van der Waals surface area contributed by atoms with E-state index in [0.717, 1.165) is 22.0 Å². The number of fused-ring (bicyclic) bond motifs is 1. The number of nitrogens with one attached hydrogen (secondary N) is 1. The van der Waals surface area contributed by atoms with Crippen molar-refractivity contribution in [1.82, 2.24) is 4.98 Å². The van der Waals surface area contributed by atoms with Crippen molar-refractivity contribution in [3.05, 3.63) is 64.8 Å². The van der Waals surface area contributed by atoms with Crippen LogP contribution in [0, 0.1) is 13.8 Å². The summed E-state index contributed by atoms with van der Waals surface area (Å²) in [5.74, 6) is -0.886. The van der Waals surface area contributed by atoms with Crippen LogP contribution >= 0.6 is 0 Å². The van der Waals surface area contributed by atoms with Crippen molar-refractivity contribution in [3.63, 3.8) is 0 Å². The number of carbonyl (C=O) groups excluding carboxylic acids is 2. The van der Waals surface area contributed by atoms with Gasteiger partial charge in [-0.25, -0.2) is 9.59 Å². The smallest absolute Gasteiger partial charge is 0.341 e. The predicted octanol–water partition coefficient (Wildman–Crippen LogP) is 4.56. The number of ether oxygens (including phenoxy) is 2. The molecule has 3 rings (SSSR count). The van der Waals surface area contributed by atoms with E-state index in [2.05, 4.69) is 10.3 Å². The Morgan fingerprint density at radius 1 is 1.11 bits per heavy atom. The molecule has 1 aromatic heterocycles. The normalized spacial score (nSPS) is 10.6. The minimum atomic E-state index is -0.456. The van der Waals surface area contributed by atoms with Crippen LogP contribution in [0.25, 0.3) is 10.9 Å². The van der Waals surface area contributed by atoms with Gasteiger partial charge in [0, 0.05) is 17.3 Å². The summed E-state index contributed by atoms with van der Waals surface area (Å²) in [5.41, 5.74) is 4.86. The van der Waals surface area contributed by atoms with Gasteiger partial charge in [-0.3, -0.25) is 4.98 Å². The molecule has 0 aliphatic rings. The average molecular weight is 378 g/mol. The number of nitrogens with zero attached hydrogens (tertiary/aromatic N) is 1. The van der Waals surface area contributed by atoms with Crippen LogP contribution in [0.1, 0.15) is 38.8 Å². The van der Waals surface area contributed by atoms with E-state index in [0.29, 0.717) is 22.5 Å². The quantitative estimate of drug-likeness (QED) is 0.656. The lowest BCUT2D eigenvalue weighted by molar-refractivity contribution is 0.0526. The van der Waals surface area contributed by atoms with Crippen LogP contribution in [0.3, 0.4) is 0 Å². The van der Waals surface area contributed by atoms with Gasteiger partial charge in [0.25, 0.3) is 0 Å². The molecule has 0 radical (unpaired) electrons. The Morgan fingerprint density at radius 3 is 2.61 bits per heavy atom. The molecule has 0 aliphatic carbocycles. The molecule has 0 amide bonds. The number of hydrogen-bond acceptors (Lipinski definition) is 6. The average Bonchev–Trinajstić information content (AvgIpc) is 2.68. The molecule has 0 saturated heterocycles. The van der Waals surface area contributed by atoms with E-state index in [1.165, 1.54) is 13.3 Å². The van der Waals surface area contributed by atoms with E-state index in [4.69, 9.17) is 9.47 Å². The zero-order valence-corrected chi connectivity index (χ0v) is 16.3. The highest BCUT2D eigenvalue weighted by Crippen LogP contribution is 2.32. The van der Waals surface area contributed by atoms with Crippen molar-refractivity contribution in [1.29, 1.82) is 0 Å². The van der Waals surface area contributed by atoms with Crippen molar-refractivity contribution in [3.8, 4) is 0 Å². The predicted molar refractivity (Wildman–Crippen MR) is 108 cm³/mol. The maximum atomic E-state index is 12.5. The highest BCUT2D eigenvalue weighted by atomic mass is 16.5. The summed E-state index contributed by atoms with van der Waals surface area (Å²) in [6.45, 7) is 5.99. The van der Waals surface area contributed by atoms with Gasteiger partial charge in [-0.05, 0) is 50.6 Å². The first-order valence-electron chi connectivity index (χ1n) is 8.97. The summed E-state index contributed by atoms with van der Waals surface area (Å²) in [6, 6.07) is 10.9. The van der Waals surface area contributed by atoms with E-state index < -0.39 is 11.9 Å². The Balaban J connectivity index is 2.18. The van der Waals surface area contributed by atoms with Gasteiger partial charge in [0.15, 0.2) is 0 Å². The number of pyridine rings is 1. The topological polar surface area (TPSA) is 77.5 Å². The third-order valence-corrected chi connectivity index (χ3v) is 4.35. The monoisotopic (exact) mass is 378 g/mol. The van der Waals surface area contributed by atoms with Crippen LogP contribution < -0.4 is 5.32 Å². The van der Waals surface area contributed by atoms with Gasteiger partial charge in [0.2, 0.25) is 0 Å². The zero-order chi connectivity index (χ0) is 20.3. The first kappa shape index (κ1) is 19.4. The minimum absolute atomic E-state index is 0.265. The lowest BCUT2D eigenvalue weighted by Gasteiger charge is -2.16. The minimum Gasteiger partial charge on any atom is -0.465 e. The molecule has 2 aromatic carbocycles.